The van der Waals surface area contributed by atoms with Crippen molar-refractivity contribution >= 4 is 5.91 Å². The molecule has 6 nitrogen and oxygen atoms in total. The summed E-state index contributed by atoms with van der Waals surface area (Å²) in [7, 11) is 0. The summed E-state index contributed by atoms with van der Waals surface area (Å²) in [6.07, 6.45) is -1.59. The summed E-state index contributed by atoms with van der Waals surface area (Å²) >= 11 is 0. The molecule has 0 aliphatic carbocycles. The van der Waals surface area contributed by atoms with E-state index in [1.54, 1.807) is 0 Å². The third-order valence-corrected chi connectivity index (χ3v) is 2.51. The molecule has 9 heteroatoms. The largest absolute Gasteiger partial charge is 0.350 e. The number of rotatable bonds is 5. The van der Waals surface area contributed by atoms with Crippen molar-refractivity contribution in [2.75, 3.05) is 6.54 Å². The standard InChI is InChI=1S/C11H10F3N5O/c12-9-2-1-7(5-8(9)10(13)14)11(20)15-3-4-19-6-16-17-18-19/h1-2,5-6,10H,3-4H2,(H,15,20). The third-order valence-electron chi connectivity index (χ3n) is 2.51. The van der Waals surface area contributed by atoms with E-state index in [1.165, 1.54) is 11.0 Å². The van der Waals surface area contributed by atoms with Gasteiger partial charge in [0.15, 0.2) is 0 Å². The summed E-state index contributed by atoms with van der Waals surface area (Å²) in [5, 5.41) is 12.9. The van der Waals surface area contributed by atoms with E-state index >= 15 is 0 Å². The second kappa shape index (κ2) is 6.13. The van der Waals surface area contributed by atoms with Gasteiger partial charge in [-0.2, -0.15) is 0 Å². The Labute approximate surface area is 111 Å². The van der Waals surface area contributed by atoms with Crippen molar-refractivity contribution in [3.63, 3.8) is 0 Å². The second-order valence-corrected chi connectivity index (χ2v) is 3.87. The Balaban J connectivity index is 1.97. The molecule has 1 aromatic carbocycles. The van der Waals surface area contributed by atoms with Gasteiger partial charge in [-0.15, -0.1) is 5.10 Å². The van der Waals surface area contributed by atoms with E-state index < -0.39 is 23.7 Å². The maximum atomic E-state index is 13.1. The van der Waals surface area contributed by atoms with Crippen LogP contribution in [0.1, 0.15) is 22.3 Å². The van der Waals surface area contributed by atoms with Gasteiger partial charge in [-0.05, 0) is 28.6 Å². The van der Waals surface area contributed by atoms with Gasteiger partial charge in [-0.1, -0.05) is 0 Å². The van der Waals surface area contributed by atoms with Crippen LogP contribution in [0.5, 0.6) is 0 Å². The van der Waals surface area contributed by atoms with Gasteiger partial charge in [-0.25, -0.2) is 17.9 Å². The molecule has 20 heavy (non-hydrogen) atoms. The molecule has 2 rings (SSSR count). The van der Waals surface area contributed by atoms with Crippen LogP contribution >= 0.6 is 0 Å². The average Bonchev–Trinajstić information content (AvgIpc) is 2.92. The maximum Gasteiger partial charge on any atom is 0.266 e. The Kier molecular flexibility index (Phi) is 4.28. The zero-order chi connectivity index (χ0) is 14.5. The SMILES string of the molecule is O=C(NCCn1cnnn1)c1ccc(F)c(C(F)F)c1. The predicted octanol–water partition coefficient (Wildman–Crippen LogP) is 1.18. The molecule has 0 fully saturated rings. The highest BCUT2D eigenvalue weighted by Gasteiger charge is 2.16. The molecule has 0 aliphatic heterocycles. The van der Waals surface area contributed by atoms with Crippen molar-refractivity contribution in [2.24, 2.45) is 0 Å². The predicted molar refractivity (Wildman–Crippen MR) is 61.5 cm³/mol. The van der Waals surface area contributed by atoms with Crippen LogP contribution in [0.3, 0.4) is 0 Å². The number of carbonyl (C=O) groups is 1. The summed E-state index contributed by atoms with van der Waals surface area (Å²) in [6, 6.07) is 2.83. The molecule has 0 saturated heterocycles. The molecule has 0 bridgehead atoms. The Morgan fingerprint density at radius 1 is 1.40 bits per heavy atom. The van der Waals surface area contributed by atoms with Crippen molar-refractivity contribution in [1.82, 2.24) is 25.5 Å². The van der Waals surface area contributed by atoms with Crippen LogP contribution in [0.4, 0.5) is 13.2 Å². The fourth-order valence-electron chi connectivity index (χ4n) is 1.52. The Bertz CT molecular complexity index is 588. The van der Waals surface area contributed by atoms with E-state index in [-0.39, 0.29) is 12.1 Å². The van der Waals surface area contributed by atoms with Gasteiger partial charge in [-0.3, -0.25) is 4.79 Å². The molecule has 0 spiro atoms. The van der Waals surface area contributed by atoms with Gasteiger partial charge in [0, 0.05) is 12.1 Å². The lowest BCUT2D eigenvalue weighted by atomic mass is 10.1. The number of aromatic nitrogens is 4. The van der Waals surface area contributed by atoms with Crippen molar-refractivity contribution in [3.05, 3.63) is 41.5 Å². The molecule has 1 heterocycles. The molecule has 2 aromatic rings. The van der Waals surface area contributed by atoms with Gasteiger partial charge < -0.3 is 5.32 Å². The number of hydrogen-bond acceptors (Lipinski definition) is 4. The highest BCUT2D eigenvalue weighted by atomic mass is 19.3. The van der Waals surface area contributed by atoms with E-state index in [0.717, 1.165) is 18.2 Å². The lowest BCUT2D eigenvalue weighted by Crippen LogP contribution is -2.27. The first kappa shape index (κ1) is 14.0. The summed E-state index contributed by atoms with van der Waals surface area (Å²) in [5.74, 6) is -1.61. The molecule has 1 N–H and O–H groups in total. The molecule has 0 radical (unpaired) electrons. The Hall–Kier alpha value is -2.45. The normalized spacial score (nSPS) is 10.8. The highest BCUT2D eigenvalue weighted by Crippen LogP contribution is 2.22. The molecule has 0 unspecified atom stereocenters. The number of amides is 1. The Morgan fingerprint density at radius 2 is 2.20 bits per heavy atom. The number of hydrogen-bond donors (Lipinski definition) is 1. The fourth-order valence-corrected chi connectivity index (χ4v) is 1.52. The molecular formula is C11H10F3N5O. The minimum absolute atomic E-state index is 0.0292. The zero-order valence-corrected chi connectivity index (χ0v) is 10.1. The van der Waals surface area contributed by atoms with Crippen molar-refractivity contribution in [3.8, 4) is 0 Å². The van der Waals surface area contributed by atoms with Crippen molar-refractivity contribution < 1.29 is 18.0 Å². The number of nitrogens with one attached hydrogen (secondary N) is 1. The van der Waals surface area contributed by atoms with Gasteiger partial charge in [0.25, 0.3) is 12.3 Å². The molecule has 0 atom stereocenters. The molecule has 1 aromatic heterocycles. The van der Waals surface area contributed by atoms with E-state index in [9.17, 15) is 18.0 Å². The number of carbonyl (C=O) groups excluding carboxylic acids is 1. The monoisotopic (exact) mass is 285 g/mol. The molecular weight excluding hydrogens is 275 g/mol. The third kappa shape index (κ3) is 3.31. The number of halogens is 3. The van der Waals surface area contributed by atoms with Crippen LogP contribution in [-0.2, 0) is 6.54 Å². The fraction of sp³-hybridized carbons (Fsp3) is 0.273. The number of benzene rings is 1. The summed E-state index contributed by atoms with van der Waals surface area (Å²) in [6.45, 7) is 0.549. The van der Waals surface area contributed by atoms with Gasteiger partial charge >= 0.3 is 0 Å². The lowest BCUT2D eigenvalue weighted by Gasteiger charge is -2.07. The van der Waals surface area contributed by atoms with Crippen LogP contribution in [0, 0.1) is 5.82 Å². The number of tetrazole rings is 1. The Morgan fingerprint density at radius 3 is 2.85 bits per heavy atom. The minimum atomic E-state index is -2.97. The summed E-state index contributed by atoms with van der Waals surface area (Å²) in [5.41, 5.74) is -0.823. The first-order valence-corrected chi connectivity index (χ1v) is 5.64. The van der Waals surface area contributed by atoms with Crippen LogP contribution < -0.4 is 5.32 Å². The van der Waals surface area contributed by atoms with Crippen molar-refractivity contribution in [1.29, 1.82) is 0 Å². The number of nitrogens with zero attached hydrogens (tertiary/aromatic N) is 4. The topological polar surface area (TPSA) is 72.7 Å². The van der Waals surface area contributed by atoms with Gasteiger partial charge in [0.05, 0.1) is 12.1 Å². The number of alkyl halides is 2. The van der Waals surface area contributed by atoms with Crippen LogP contribution in [0.2, 0.25) is 0 Å². The highest BCUT2D eigenvalue weighted by molar-refractivity contribution is 5.94. The minimum Gasteiger partial charge on any atom is -0.350 e. The maximum absolute atomic E-state index is 13.1. The van der Waals surface area contributed by atoms with E-state index in [0.29, 0.717) is 6.54 Å². The lowest BCUT2D eigenvalue weighted by molar-refractivity contribution is 0.0951. The molecule has 0 saturated carbocycles. The summed E-state index contributed by atoms with van der Waals surface area (Å²) in [4.78, 5) is 11.7. The molecule has 0 aliphatic rings. The average molecular weight is 285 g/mol. The smallest absolute Gasteiger partial charge is 0.266 e. The van der Waals surface area contributed by atoms with E-state index in [1.807, 2.05) is 0 Å². The first-order valence-electron chi connectivity index (χ1n) is 5.64. The van der Waals surface area contributed by atoms with E-state index in [4.69, 9.17) is 0 Å². The van der Waals surface area contributed by atoms with E-state index in [2.05, 4.69) is 20.8 Å². The van der Waals surface area contributed by atoms with Crippen LogP contribution in [-0.4, -0.2) is 32.7 Å². The quantitative estimate of drug-likeness (QED) is 0.895. The van der Waals surface area contributed by atoms with Gasteiger partial charge in [0.2, 0.25) is 0 Å². The zero-order valence-electron chi connectivity index (χ0n) is 10.1. The van der Waals surface area contributed by atoms with Gasteiger partial charge in [0.1, 0.15) is 12.1 Å². The van der Waals surface area contributed by atoms with Crippen LogP contribution in [0.25, 0.3) is 0 Å². The molecule has 1 amide bonds. The van der Waals surface area contributed by atoms with Crippen molar-refractivity contribution in [2.45, 2.75) is 13.0 Å². The molecule has 106 valence electrons. The first-order chi connectivity index (χ1) is 9.58. The second-order valence-electron chi connectivity index (χ2n) is 3.87. The van der Waals surface area contributed by atoms with Crippen LogP contribution in [0.15, 0.2) is 24.5 Å². The summed E-state index contributed by atoms with van der Waals surface area (Å²) < 4.78 is 39.5.